The van der Waals surface area contributed by atoms with Crippen molar-refractivity contribution in [1.82, 2.24) is 34.3 Å². The molecule has 0 aromatic carbocycles. The van der Waals surface area contributed by atoms with E-state index in [1.807, 2.05) is 24.2 Å². The zero-order valence-corrected chi connectivity index (χ0v) is 17.2. The second kappa shape index (κ2) is 9.49. The Morgan fingerprint density at radius 2 is 2.03 bits per heavy atom. The number of piperidine rings is 1. The van der Waals surface area contributed by atoms with Crippen molar-refractivity contribution in [3.8, 4) is 0 Å². The third-order valence-corrected chi connectivity index (χ3v) is 6.02. The van der Waals surface area contributed by atoms with Crippen molar-refractivity contribution < 1.29 is 9.53 Å². The molecule has 0 unspecified atom stereocenters. The van der Waals surface area contributed by atoms with Gasteiger partial charge in [-0.2, -0.15) is 0 Å². The molecule has 0 N–H and O–H groups in total. The number of nitrogens with zero attached hydrogens (tertiary/aromatic N) is 7. The molecule has 2 aromatic heterocycles. The number of hydrogen-bond acceptors (Lipinski definition) is 6. The summed E-state index contributed by atoms with van der Waals surface area (Å²) in [4.78, 5) is 21.8. The molecule has 2 aliphatic rings. The van der Waals surface area contributed by atoms with Gasteiger partial charge in [-0.15, -0.1) is 5.10 Å². The van der Waals surface area contributed by atoms with Crippen LogP contribution in [0.4, 0.5) is 0 Å². The lowest BCUT2D eigenvalue weighted by molar-refractivity contribution is 0.0359. The molecule has 1 atom stereocenters. The molecule has 2 aliphatic heterocycles. The van der Waals surface area contributed by atoms with Gasteiger partial charge < -0.3 is 14.2 Å². The second-order valence-electron chi connectivity index (χ2n) is 7.93. The minimum atomic E-state index is 0.00896. The molecule has 0 aliphatic carbocycles. The van der Waals surface area contributed by atoms with Crippen molar-refractivity contribution in [1.29, 1.82) is 0 Å². The first kappa shape index (κ1) is 20.0. The lowest BCUT2D eigenvalue weighted by Gasteiger charge is -2.35. The lowest BCUT2D eigenvalue weighted by Crippen LogP contribution is -2.44. The fourth-order valence-electron chi connectivity index (χ4n) is 4.22. The zero-order chi connectivity index (χ0) is 20.1. The van der Waals surface area contributed by atoms with E-state index in [9.17, 15) is 4.79 Å². The molecule has 2 fully saturated rings. The highest BCUT2D eigenvalue weighted by molar-refractivity contribution is 5.92. The van der Waals surface area contributed by atoms with E-state index < -0.39 is 0 Å². The quantitative estimate of drug-likeness (QED) is 0.694. The SMILES string of the molecule is Cc1nccn1CC[C@H]1CCCCN1C(=O)c1cn(CCN2CCOCC2)nn1. The minimum Gasteiger partial charge on any atom is -0.379 e. The molecule has 0 saturated carbocycles. The Morgan fingerprint density at radius 1 is 1.17 bits per heavy atom. The number of carbonyl (C=O) groups excluding carboxylic acids is 1. The predicted molar refractivity (Wildman–Crippen MR) is 108 cm³/mol. The highest BCUT2D eigenvalue weighted by atomic mass is 16.5. The number of aryl methyl sites for hydroxylation is 2. The summed E-state index contributed by atoms with van der Waals surface area (Å²) in [6.45, 7) is 8.81. The molecule has 0 bridgehead atoms. The second-order valence-corrected chi connectivity index (χ2v) is 7.93. The molecule has 2 saturated heterocycles. The molecular formula is C20H31N7O2. The van der Waals surface area contributed by atoms with E-state index in [0.717, 1.165) is 77.6 Å². The molecular weight excluding hydrogens is 370 g/mol. The van der Waals surface area contributed by atoms with Crippen molar-refractivity contribution in [3.05, 3.63) is 30.1 Å². The molecule has 158 valence electrons. The van der Waals surface area contributed by atoms with Gasteiger partial charge in [-0.1, -0.05) is 5.21 Å². The van der Waals surface area contributed by atoms with Crippen LogP contribution in [0.15, 0.2) is 18.6 Å². The molecule has 9 heteroatoms. The van der Waals surface area contributed by atoms with E-state index in [-0.39, 0.29) is 11.9 Å². The van der Waals surface area contributed by atoms with Gasteiger partial charge in [0.25, 0.3) is 5.91 Å². The van der Waals surface area contributed by atoms with Crippen LogP contribution in [-0.4, -0.2) is 85.7 Å². The van der Waals surface area contributed by atoms with E-state index in [1.165, 1.54) is 6.42 Å². The van der Waals surface area contributed by atoms with Gasteiger partial charge >= 0.3 is 0 Å². The Balaban J connectivity index is 1.34. The summed E-state index contributed by atoms with van der Waals surface area (Å²) in [5.74, 6) is 1.02. The molecule has 0 radical (unpaired) electrons. The summed E-state index contributed by atoms with van der Waals surface area (Å²) in [5, 5.41) is 8.37. The summed E-state index contributed by atoms with van der Waals surface area (Å²) < 4.78 is 9.32. The van der Waals surface area contributed by atoms with Crippen LogP contribution in [0.3, 0.4) is 0 Å². The van der Waals surface area contributed by atoms with Gasteiger partial charge in [-0.3, -0.25) is 14.4 Å². The van der Waals surface area contributed by atoms with Crippen LogP contribution in [0, 0.1) is 6.92 Å². The predicted octanol–water partition coefficient (Wildman–Crippen LogP) is 1.20. The Morgan fingerprint density at radius 3 is 2.83 bits per heavy atom. The van der Waals surface area contributed by atoms with Crippen LogP contribution in [0.1, 0.15) is 42.0 Å². The van der Waals surface area contributed by atoms with Crippen LogP contribution < -0.4 is 0 Å². The maximum absolute atomic E-state index is 13.1. The maximum Gasteiger partial charge on any atom is 0.276 e. The molecule has 29 heavy (non-hydrogen) atoms. The van der Waals surface area contributed by atoms with Crippen molar-refractivity contribution in [2.75, 3.05) is 39.4 Å². The van der Waals surface area contributed by atoms with Crippen LogP contribution in [-0.2, 0) is 17.8 Å². The molecule has 9 nitrogen and oxygen atoms in total. The number of ether oxygens (including phenoxy) is 1. The lowest BCUT2D eigenvalue weighted by atomic mass is 9.99. The van der Waals surface area contributed by atoms with Gasteiger partial charge in [0.15, 0.2) is 5.69 Å². The smallest absolute Gasteiger partial charge is 0.276 e. The third-order valence-electron chi connectivity index (χ3n) is 6.02. The maximum atomic E-state index is 13.1. The van der Waals surface area contributed by atoms with Crippen molar-refractivity contribution >= 4 is 5.91 Å². The van der Waals surface area contributed by atoms with Crippen LogP contribution in [0.25, 0.3) is 0 Å². The van der Waals surface area contributed by atoms with E-state index in [4.69, 9.17) is 4.74 Å². The van der Waals surface area contributed by atoms with Crippen molar-refractivity contribution in [2.24, 2.45) is 0 Å². The first-order chi connectivity index (χ1) is 14.2. The van der Waals surface area contributed by atoms with Crippen LogP contribution in [0.2, 0.25) is 0 Å². The average Bonchev–Trinajstić information content (AvgIpc) is 3.40. The Labute approximate surface area is 171 Å². The Bertz CT molecular complexity index is 796. The number of hydrogen-bond donors (Lipinski definition) is 0. The summed E-state index contributed by atoms with van der Waals surface area (Å²) in [5.41, 5.74) is 0.456. The number of rotatable bonds is 7. The van der Waals surface area contributed by atoms with Gasteiger partial charge in [-0.25, -0.2) is 4.98 Å². The number of likely N-dealkylation sites (tertiary alicyclic amines) is 1. The van der Waals surface area contributed by atoms with Crippen LogP contribution >= 0.6 is 0 Å². The van der Waals surface area contributed by atoms with Gasteiger partial charge in [0.1, 0.15) is 5.82 Å². The van der Waals surface area contributed by atoms with E-state index in [2.05, 4.69) is 24.8 Å². The highest BCUT2D eigenvalue weighted by Crippen LogP contribution is 2.22. The van der Waals surface area contributed by atoms with E-state index >= 15 is 0 Å². The summed E-state index contributed by atoms with van der Waals surface area (Å²) in [6.07, 6.45) is 9.84. The number of amides is 1. The molecule has 4 heterocycles. The number of carbonyl (C=O) groups is 1. The van der Waals surface area contributed by atoms with Gasteiger partial charge in [0, 0.05) is 51.2 Å². The Kier molecular flexibility index (Phi) is 6.56. The normalized spacial score (nSPS) is 20.9. The molecule has 4 rings (SSSR count). The molecule has 2 aromatic rings. The summed E-state index contributed by atoms with van der Waals surface area (Å²) >= 11 is 0. The number of morpholine rings is 1. The van der Waals surface area contributed by atoms with Crippen LogP contribution in [0.5, 0.6) is 0 Å². The molecule has 0 spiro atoms. The third kappa shape index (κ3) is 5.02. The number of imidazole rings is 1. The van der Waals surface area contributed by atoms with Crippen molar-refractivity contribution in [2.45, 2.75) is 51.7 Å². The van der Waals surface area contributed by atoms with Gasteiger partial charge in [0.2, 0.25) is 0 Å². The van der Waals surface area contributed by atoms with E-state index in [0.29, 0.717) is 5.69 Å². The first-order valence-electron chi connectivity index (χ1n) is 10.7. The minimum absolute atomic E-state index is 0.00896. The largest absolute Gasteiger partial charge is 0.379 e. The topological polar surface area (TPSA) is 81.3 Å². The average molecular weight is 402 g/mol. The fourth-order valence-corrected chi connectivity index (χ4v) is 4.22. The first-order valence-corrected chi connectivity index (χ1v) is 10.7. The zero-order valence-electron chi connectivity index (χ0n) is 17.2. The Hall–Kier alpha value is -2.26. The highest BCUT2D eigenvalue weighted by Gasteiger charge is 2.29. The summed E-state index contributed by atoms with van der Waals surface area (Å²) in [7, 11) is 0. The number of aromatic nitrogens is 5. The summed E-state index contributed by atoms with van der Waals surface area (Å²) in [6, 6.07) is 0.247. The van der Waals surface area contributed by atoms with Gasteiger partial charge in [-0.05, 0) is 32.6 Å². The monoisotopic (exact) mass is 401 g/mol. The van der Waals surface area contributed by atoms with E-state index in [1.54, 1.807) is 10.9 Å². The standard InChI is InChI=1S/C20H31N7O2/c1-17-21-6-9-25(17)8-5-18-4-2-3-7-27(18)20(28)19-16-26(23-22-19)11-10-24-12-14-29-15-13-24/h6,9,16,18H,2-5,7-8,10-15H2,1H3/t18-/m1/s1. The molecule has 1 amide bonds. The van der Waals surface area contributed by atoms with Gasteiger partial charge in [0.05, 0.1) is 26.0 Å². The van der Waals surface area contributed by atoms with Crippen molar-refractivity contribution in [3.63, 3.8) is 0 Å². The fraction of sp³-hybridized carbons (Fsp3) is 0.700.